The molecule has 2 aromatic rings. The number of nitrogens with zero attached hydrogens (tertiary/aromatic N) is 4. The third-order valence-corrected chi connectivity index (χ3v) is 10.4. The number of unbranched alkanes of at least 4 members (excludes halogenated alkanes) is 28. The van der Waals surface area contributed by atoms with Crippen molar-refractivity contribution >= 4 is 0 Å². The highest BCUT2D eigenvalue weighted by Crippen LogP contribution is 2.18. The summed E-state index contributed by atoms with van der Waals surface area (Å²) in [6, 6.07) is 0. The van der Waals surface area contributed by atoms with E-state index in [2.05, 4.69) is 71.0 Å². The Hall–Kier alpha value is -1.58. The topological polar surface area (TPSA) is 17.6 Å². The van der Waals surface area contributed by atoms with Crippen molar-refractivity contribution in [1.82, 2.24) is 9.13 Å². The number of hydrogen-bond donors (Lipinski definition) is 0. The molecule has 0 N–H and O–H groups in total. The van der Waals surface area contributed by atoms with Gasteiger partial charge in [-0.05, 0) is 25.7 Å². The van der Waals surface area contributed by atoms with Crippen LogP contribution in [0.2, 0.25) is 0 Å². The highest BCUT2D eigenvalue weighted by atomic mass is 15.2. The van der Waals surface area contributed by atoms with Crippen molar-refractivity contribution in [1.29, 1.82) is 0 Å². The minimum atomic E-state index is 1.12. The maximum Gasteiger partial charge on any atom is 0.373 e. The van der Waals surface area contributed by atoms with Gasteiger partial charge in [0.2, 0.25) is 0 Å². The fraction of sp³-hybridized carbons (Fsp3) is 0.857. The van der Waals surface area contributed by atoms with Gasteiger partial charge in [0, 0.05) is 0 Å². The first-order valence-corrected chi connectivity index (χ1v) is 20.8. The van der Waals surface area contributed by atoms with Crippen LogP contribution in [-0.2, 0) is 27.2 Å². The van der Waals surface area contributed by atoms with E-state index < -0.39 is 0 Å². The normalized spacial score (nSPS) is 11.7. The first-order chi connectivity index (χ1) is 22.7. The summed E-state index contributed by atoms with van der Waals surface area (Å²) in [5.74, 6) is 2.69. The van der Waals surface area contributed by atoms with Gasteiger partial charge < -0.3 is 0 Å². The van der Waals surface area contributed by atoms with E-state index in [0.29, 0.717) is 0 Å². The minimum Gasteiger partial charge on any atom is -0.226 e. The third-order valence-electron chi connectivity index (χ3n) is 10.4. The molecule has 0 aliphatic rings. The van der Waals surface area contributed by atoms with E-state index in [1.54, 1.807) is 0 Å². The summed E-state index contributed by atoms with van der Waals surface area (Å²) in [6.07, 6.45) is 51.7. The Labute approximate surface area is 287 Å². The molecular formula is C42H80N4+2. The Morgan fingerprint density at radius 3 is 0.804 bits per heavy atom. The largest absolute Gasteiger partial charge is 0.373 e. The maximum atomic E-state index is 2.50. The molecule has 266 valence electrons. The molecule has 0 aliphatic carbocycles. The highest BCUT2D eigenvalue weighted by molar-refractivity contribution is 5.36. The van der Waals surface area contributed by atoms with Gasteiger partial charge in [0.1, 0.15) is 24.8 Å². The first kappa shape index (κ1) is 40.6. The number of hydrogen-bond acceptors (Lipinski definition) is 0. The highest BCUT2D eigenvalue weighted by Gasteiger charge is 2.29. The molecule has 0 saturated carbocycles. The quantitative estimate of drug-likeness (QED) is 0.0546. The van der Waals surface area contributed by atoms with Crippen molar-refractivity contribution < 1.29 is 9.13 Å². The van der Waals surface area contributed by atoms with Gasteiger partial charge in [-0.1, -0.05) is 181 Å². The van der Waals surface area contributed by atoms with Crippen molar-refractivity contribution in [2.24, 2.45) is 14.1 Å². The van der Waals surface area contributed by atoms with Crippen molar-refractivity contribution in [3.05, 3.63) is 24.8 Å². The molecule has 2 heterocycles. The molecule has 2 aromatic heterocycles. The summed E-state index contributed by atoms with van der Waals surface area (Å²) in [5.41, 5.74) is 0. The first-order valence-electron chi connectivity index (χ1n) is 20.8. The summed E-state index contributed by atoms with van der Waals surface area (Å²) in [5, 5.41) is 0. The van der Waals surface area contributed by atoms with Crippen LogP contribution in [-0.4, -0.2) is 9.13 Å². The monoisotopic (exact) mass is 641 g/mol. The maximum absolute atomic E-state index is 2.50. The van der Waals surface area contributed by atoms with Gasteiger partial charge in [0.05, 0.1) is 27.2 Å². The lowest BCUT2D eigenvalue weighted by Gasteiger charge is -2.05. The van der Waals surface area contributed by atoms with E-state index in [9.17, 15) is 0 Å². The standard InChI is InChI=1S/C42H80N4/c1-5-7-9-11-13-15-17-19-21-22-24-26-28-30-32-34-36-46-40-38-44(4)42(46)41-43(3)37-39-45(41)35-33-31-29-27-25-23-20-18-16-14-12-10-8-6-2/h37-40H,5-36H2,1-4H3/q+2. The van der Waals surface area contributed by atoms with E-state index >= 15 is 0 Å². The lowest BCUT2D eigenvalue weighted by Crippen LogP contribution is -2.38. The number of imidazole rings is 2. The molecule has 0 fully saturated rings. The second-order valence-corrected chi connectivity index (χ2v) is 14.8. The zero-order valence-corrected chi connectivity index (χ0v) is 31.7. The van der Waals surface area contributed by atoms with Gasteiger partial charge in [-0.2, -0.15) is 0 Å². The number of aromatic nitrogens is 4. The molecule has 0 aliphatic heterocycles. The molecule has 0 atom stereocenters. The molecule has 0 unspecified atom stereocenters. The molecule has 4 nitrogen and oxygen atoms in total. The summed E-state index contributed by atoms with van der Waals surface area (Å²) >= 11 is 0. The minimum absolute atomic E-state index is 1.12. The summed E-state index contributed by atoms with van der Waals surface area (Å²) < 4.78 is 9.65. The van der Waals surface area contributed by atoms with Gasteiger partial charge in [-0.3, -0.25) is 0 Å². The Morgan fingerprint density at radius 2 is 0.565 bits per heavy atom. The SMILES string of the molecule is CCCCCCCCCCCCCCCCCCn1cc[n+](C)c1-c1n(CCCCCCCCCCCCCCCC)cc[n+]1C. The molecule has 2 rings (SSSR count). The predicted octanol–water partition coefficient (Wildman–Crippen LogP) is 12.3. The molecule has 0 saturated heterocycles. The van der Waals surface area contributed by atoms with Crippen LogP contribution in [0.15, 0.2) is 24.8 Å². The molecule has 0 spiro atoms. The van der Waals surface area contributed by atoms with E-state index in [4.69, 9.17) is 0 Å². The molecule has 4 heteroatoms. The fourth-order valence-electron chi connectivity index (χ4n) is 7.29. The summed E-state index contributed by atoms with van der Waals surface area (Å²) in [7, 11) is 4.42. The second kappa shape index (κ2) is 28.4. The third kappa shape index (κ3) is 18.7. The second-order valence-electron chi connectivity index (χ2n) is 14.8. The van der Waals surface area contributed by atoms with Gasteiger partial charge in [-0.15, -0.1) is 0 Å². The van der Waals surface area contributed by atoms with Crippen LogP contribution in [0.25, 0.3) is 11.6 Å². The van der Waals surface area contributed by atoms with Crippen LogP contribution >= 0.6 is 0 Å². The average molecular weight is 641 g/mol. The van der Waals surface area contributed by atoms with Crippen LogP contribution < -0.4 is 9.13 Å². The Bertz CT molecular complexity index is 942. The Kier molecular flexibility index (Phi) is 25.1. The van der Waals surface area contributed by atoms with Crippen LogP contribution in [0, 0.1) is 0 Å². The molecular weight excluding hydrogens is 560 g/mol. The van der Waals surface area contributed by atoms with E-state index in [1.165, 1.54) is 204 Å². The smallest absolute Gasteiger partial charge is 0.226 e. The van der Waals surface area contributed by atoms with E-state index in [-0.39, 0.29) is 0 Å². The molecule has 0 amide bonds. The van der Waals surface area contributed by atoms with Crippen molar-refractivity contribution in [2.45, 2.75) is 220 Å². The number of rotatable bonds is 33. The van der Waals surface area contributed by atoms with Gasteiger partial charge in [0.15, 0.2) is 0 Å². The van der Waals surface area contributed by atoms with Crippen LogP contribution in [0.5, 0.6) is 0 Å². The molecule has 46 heavy (non-hydrogen) atoms. The van der Waals surface area contributed by atoms with E-state index in [1.807, 2.05) is 0 Å². The Balaban J connectivity index is 1.54. The lowest BCUT2D eigenvalue weighted by molar-refractivity contribution is -0.690. The van der Waals surface area contributed by atoms with Crippen LogP contribution in [0.1, 0.15) is 206 Å². The van der Waals surface area contributed by atoms with Crippen molar-refractivity contribution in [2.75, 3.05) is 0 Å². The summed E-state index contributed by atoms with van der Waals surface area (Å²) in [4.78, 5) is 0. The van der Waals surface area contributed by atoms with Crippen molar-refractivity contribution in [3.8, 4) is 11.6 Å². The number of aryl methyl sites for hydroxylation is 4. The molecule has 0 radical (unpaired) electrons. The summed E-state index contributed by atoms with van der Waals surface area (Å²) in [6.45, 7) is 6.86. The molecule has 0 aromatic carbocycles. The lowest BCUT2D eigenvalue weighted by atomic mass is 10.0. The zero-order valence-electron chi connectivity index (χ0n) is 31.7. The molecule has 0 bridgehead atoms. The van der Waals surface area contributed by atoms with Crippen LogP contribution in [0.4, 0.5) is 0 Å². The van der Waals surface area contributed by atoms with Crippen LogP contribution in [0.3, 0.4) is 0 Å². The van der Waals surface area contributed by atoms with E-state index in [0.717, 1.165) is 13.1 Å². The van der Waals surface area contributed by atoms with Gasteiger partial charge in [-0.25, -0.2) is 18.3 Å². The fourth-order valence-corrected chi connectivity index (χ4v) is 7.29. The van der Waals surface area contributed by atoms with Crippen molar-refractivity contribution in [3.63, 3.8) is 0 Å². The average Bonchev–Trinajstić information content (AvgIpc) is 3.60. The predicted molar refractivity (Wildman–Crippen MR) is 200 cm³/mol. The zero-order chi connectivity index (χ0) is 32.9. The Morgan fingerprint density at radius 1 is 0.348 bits per heavy atom. The van der Waals surface area contributed by atoms with Gasteiger partial charge >= 0.3 is 11.6 Å². The van der Waals surface area contributed by atoms with Gasteiger partial charge in [0.25, 0.3) is 0 Å².